The van der Waals surface area contributed by atoms with Gasteiger partial charge in [0, 0.05) is 0 Å². The van der Waals surface area contributed by atoms with Crippen molar-refractivity contribution >= 4 is 0 Å². The Labute approximate surface area is 71.0 Å². The van der Waals surface area contributed by atoms with Crippen LogP contribution in [0.3, 0.4) is 0 Å². The summed E-state index contributed by atoms with van der Waals surface area (Å²) in [5.74, 6) is 0. The Morgan fingerprint density at radius 2 is 2.00 bits per heavy atom. The van der Waals surface area contributed by atoms with Gasteiger partial charge in [0.25, 0.3) is 0 Å². The highest BCUT2D eigenvalue weighted by atomic mass is 13.9. The molecule has 0 saturated heterocycles. The zero-order valence-corrected chi connectivity index (χ0v) is 7.90. The van der Waals surface area contributed by atoms with E-state index in [4.69, 9.17) is 0 Å². The normalized spacial score (nSPS) is 10.7. The lowest BCUT2D eigenvalue weighted by molar-refractivity contribution is 0.812. The van der Waals surface area contributed by atoms with E-state index >= 15 is 0 Å². The Morgan fingerprint density at radius 3 is 2.55 bits per heavy atom. The highest BCUT2D eigenvalue weighted by Gasteiger charge is 1.84. The van der Waals surface area contributed by atoms with Crippen LogP contribution in [-0.4, -0.2) is 0 Å². The van der Waals surface area contributed by atoms with Crippen molar-refractivity contribution in [2.45, 2.75) is 46.0 Å². The van der Waals surface area contributed by atoms with Crippen LogP contribution >= 0.6 is 0 Å². The second kappa shape index (κ2) is 7.59. The second-order valence-corrected chi connectivity index (χ2v) is 2.92. The molecule has 0 nitrogen and oxygen atoms in total. The zero-order valence-electron chi connectivity index (χ0n) is 7.90. The molecule has 0 bridgehead atoms. The largest absolute Gasteiger partial charge is 0.0996 e. The Bertz CT molecular complexity index is 120. The number of hydrogen-bond donors (Lipinski definition) is 0. The third kappa shape index (κ3) is 7.38. The van der Waals surface area contributed by atoms with Gasteiger partial charge < -0.3 is 0 Å². The van der Waals surface area contributed by atoms with Gasteiger partial charge in [0.1, 0.15) is 0 Å². The molecule has 0 saturated carbocycles. The van der Waals surface area contributed by atoms with E-state index in [9.17, 15) is 0 Å². The van der Waals surface area contributed by atoms with Gasteiger partial charge in [-0.15, -0.1) is 0 Å². The maximum atomic E-state index is 3.94. The first kappa shape index (κ1) is 10.5. The lowest BCUT2D eigenvalue weighted by atomic mass is 10.1. The van der Waals surface area contributed by atoms with Crippen LogP contribution in [0.1, 0.15) is 46.0 Å². The highest BCUT2D eigenvalue weighted by molar-refractivity contribution is 5.01. The molecule has 0 aliphatic rings. The number of hydrogen-bond acceptors (Lipinski definition) is 0. The summed E-state index contributed by atoms with van der Waals surface area (Å²) in [6.45, 7) is 8.32. The first-order valence-electron chi connectivity index (χ1n) is 4.62. The summed E-state index contributed by atoms with van der Waals surface area (Å²) in [5.41, 5.74) is 1.33. The van der Waals surface area contributed by atoms with E-state index in [1.165, 1.54) is 24.8 Å². The van der Waals surface area contributed by atoms with Crippen molar-refractivity contribution in [3.05, 3.63) is 24.3 Å². The molecule has 0 rings (SSSR count). The standard InChI is InChI=1S/C11H20/c1-4-6-7-8-9-10-11(3)5-2/h8-9H,3-7,10H2,1-2H3. The molecule has 0 amide bonds. The predicted octanol–water partition coefficient (Wildman–Crippen LogP) is 4.09. The fraction of sp³-hybridized carbons (Fsp3) is 0.636. The molecule has 0 aliphatic carbocycles. The molecular weight excluding hydrogens is 132 g/mol. The van der Waals surface area contributed by atoms with E-state index in [-0.39, 0.29) is 0 Å². The first-order chi connectivity index (χ1) is 5.31. The fourth-order valence-electron chi connectivity index (χ4n) is 0.834. The third-order valence-corrected chi connectivity index (χ3v) is 1.80. The van der Waals surface area contributed by atoms with Gasteiger partial charge in [0.05, 0.1) is 0 Å². The maximum Gasteiger partial charge on any atom is -0.0142 e. The van der Waals surface area contributed by atoms with E-state index in [1.54, 1.807) is 0 Å². The second-order valence-electron chi connectivity index (χ2n) is 2.92. The van der Waals surface area contributed by atoms with Crippen molar-refractivity contribution in [1.82, 2.24) is 0 Å². The van der Waals surface area contributed by atoms with Gasteiger partial charge >= 0.3 is 0 Å². The van der Waals surface area contributed by atoms with Gasteiger partial charge in [0.2, 0.25) is 0 Å². The van der Waals surface area contributed by atoms with Gasteiger partial charge in [-0.1, -0.05) is 51.0 Å². The average molecular weight is 152 g/mol. The Kier molecular flexibility index (Phi) is 7.23. The van der Waals surface area contributed by atoms with E-state index < -0.39 is 0 Å². The molecule has 0 aliphatic heterocycles. The number of rotatable bonds is 6. The quantitative estimate of drug-likeness (QED) is 0.397. The molecule has 0 aromatic heterocycles. The number of unbranched alkanes of at least 4 members (excludes halogenated alkanes) is 2. The molecular formula is C11H20. The maximum absolute atomic E-state index is 3.94. The predicted molar refractivity (Wildman–Crippen MR) is 52.7 cm³/mol. The molecule has 0 unspecified atom stereocenters. The minimum atomic E-state index is 1.07. The van der Waals surface area contributed by atoms with E-state index in [0.717, 1.165) is 12.8 Å². The van der Waals surface area contributed by atoms with E-state index in [2.05, 4.69) is 32.6 Å². The van der Waals surface area contributed by atoms with Gasteiger partial charge in [-0.2, -0.15) is 0 Å². The van der Waals surface area contributed by atoms with Crippen LogP contribution in [0.15, 0.2) is 24.3 Å². The summed E-state index contributed by atoms with van der Waals surface area (Å²) in [6, 6.07) is 0. The van der Waals surface area contributed by atoms with Crippen molar-refractivity contribution in [3.63, 3.8) is 0 Å². The van der Waals surface area contributed by atoms with Crippen molar-refractivity contribution < 1.29 is 0 Å². The van der Waals surface area contributed by atoms with E-state index in [1.807, 2.05) is 0 Å². The van der Waals surface area contributed by atoms with E-state index in [0.29, 0.717) is 0 Å². The number of allylic oxidation sites excluding steroid dienone is 3. The van der Waals surface area contributed by atoms with Crippen LogP contribution in [-0.2, 0) is 0 Å². The van der Waals surface area contributed by atoms with Gasteiger partial charge in [0.15, 0.2) is 0 Å². The summed E-state index contributed by atoms with van der Waals surface area (Å²) < 4.78 is 0. The third-order valence-electron chi connectivity index (χ3n) is 1.80. The molecule has 0 N–H and O–H groups in total. The molecule has 0 atom stereocenters. The minimum Gasteiger partial charge on any atom is -0.0996 e. The van der Waals surface area contributed by atoms with Crippen molar-refractivity contribution in [1.29, 1.82) is 0 Å². The average Bonchev–Trinajstić information content (AvgIpc) is 2.04. The zero-order chi connectivity index (χ0) is 8.53. The van der Waals surface area contributed by atoms with Gasteiger partial charge in [-0.05, 0) is 19.3 Å². The summed E-state index contributed by atoms with van der Waals surface area (Å²) in [7, 11) is 0. The molecule has 0 aromatic rings. The van der Waals surface area contributed by atoms with Crippen LogP contribution in [0.25, 0.3) is 0 Å². The van der Waals surface area contributed by atoms with Crippen LogP contribution in [0.4, 0.5) is 0 Å². The highest BCUT2D eigenvalue weighted by Crippen LogP contribution is 2.04. The summed E-state index contributed by atoms with van der Waals surface area (Å²) in [4.78, 5) is 0. The monoisotopic (exact) mass is 152 g/mol. The molecule has 0 heteroatoms. The molecule has 0 radical (unpaired) electrons. The summed E-state index contributed by atoms with van der Waals surface area (Å²) in [5, 5.41) is 0. The molecule has 0 fully saturated rings. The molecule has 0 aromatic carbocycles. The lowest BCUT2D eigenvalue weighted by Crippen LogP contribution is -1.74. The smallest absolute Gasteiger partial charge is 0.0142 e. The fourth-order valence-corrected chi connectivity index (χ4v) is 0.834. The van der Waals surface area contributed by atoms with Crippen molar-refractivity contribution in [2.75, 3.05) is 0 Å². The van der Waals surface area contributed by atoms with Crippen LogP contribution in [0, 0.1) is 0 Å². The van der Waals surface area contributed by atoms with Gasteiger partial charge in [-0.25, -0.2) is 0 Å². The Morgan fingerprint density at radius 1 is 1.27 bits per heavy atom. The lowest BCUT2D eigenvalue weighted by Gasteiger charge is -1.94. The summed E-state index contributed by atoms with van der Waals surface area (Å²) in [6.07, 6.45) is 10.5. The molecule has 0 spiro atoms. The molecule has 0 heterocycles. The SMILES string of the molecule is C=C(CC)CC=CCCCC. The topological polar surface area (TPSA) is 0 Å². The van der Waals surface area contributed by atoms with Crippen molar-refractivity contribution in [2.24, 2.45) is 0 Å². The Hall–Kier alpha value is -0.520. The van der Waals surface area contributed by atoms with Crippen molar-refractivity contribution in [3.8, 4) is 0 Å². The van der Waals surface area contributed by atoms with Crippen LogP contribution in [0.2, 0.25) is 0 Å². The minimum absolute atomic E-state index is 1.07. The first-order valence-corrected chi connectivity index (χ1v) is 4.62. The summed E-state index contributed by atoms with van der Waals surface area (Å²) >= 11 is 0. The molecule has 64 valence electrons. The van der Waals surface area contributed by atoms with Crippen LogP contribution in [0.5, 0.6) is 0 Å². The van der Waals surface area contributed by atoms with Crippen LogP contribution < -0.4 is 0 Å². The Balaban J connectivity index is 3.22. The molecule has 11 heavy (non-hydrogen) atoms. The van der Waals surface area contributed by atoms with Gasteiger partial charge in [-0.3, -0.25) is 0 Å².